The molecule has 1 amide bonds. The predicted octanol–water partition coefficient (Wildman–Crippen LogP) is 2.92. The molecule has 2 aromatic carbocycles. The summed E-state index contributed by atoms with van der Waals surface area (Å²) in [6, 6.07) is 11.3. The van der Waals surface area contributed by atoms with Crippen molar-refractivity contribution in [1.82, 2.24) is 0 Å². The van der Waals surface area contributed by atoms with E-state index >= 15 is 0 Å². The number of nitrogens with zero attached hydrogens (tertiary/aromatic N) is 1. The van der Waals surface area contributed by atoms with Gasteiger partial charge in [-0.1, -0.05) is 23.7 Å². The molecule has 0 saturated carbocycles. The molecule has 0 bridgehead atoms. The predicted molar refractivity (Wildman–Crippen MR) is 105 cm³/mol. The van der Waals surface area contributed by atoms with E-state index in [-0.39, 0.29) is 11.3 Å². The van der Waals surface area contributed by atoms with Crippen LogP contribution in [0, 0.1) is 0 Å². The molecule has 9 heteroatoms. The Morgan fingerprint density at radius 2 is 1.81 bits per heavy atom. The minimum atomic E-state index is -3.76. The number of esters is 1. The van der Waals surface area contributed by atoms with Gasteiger partial charge < -0.3 is 10.1 Å². The van der Waals surface area contributed by atoms with Crippen LogP contribution in [0.2, 0.25) is 5.02 Å². The average molecular weight is 411 g/mol. The Hall–Kier alpha value is -2.58. The van der Waals surface area contributed by atoms with Gasteiger partial charge in [0.15, 0.2) is 0 Å². The smallest absolute Gasteiger partial charge is 0.337 e. The summed E-state index contributed by atoms with van der Waals surface area (Å²) >= 11 is 5.95. The molecule has 27 heavy (non-hydrogen) atoms. The second kappa shape index (κ2) is 8.41. The van der Waals surface area contributed by atoms with E-state index in [4.69, 9.17) is 11.6 Å². The van der Waals surface area contributed by atoms with Crippen molar-refractivity contribution >= 4 is 44.9 Å². The molecule has 2 aromatic rings. The van der Waals surface area contributed by atoms with Gasteiger partial charge in [-0.2, -0.15) is 0 Å². The lowest BCUT2D eigenvalue weighted by atomic mass is 10.2. The fourth-order valence-electron chi connectivity index (χ4n) is 2.51. The number of hydrogen-bond acceptors (Lipinski definition) is 5. The second-order valence-corrected chi connectivity index (χ2v) is 8.07. The molecule has 0 spiro atoms. The Morgan fingerprint density at radius 3 is 2.41 bits per heavy atom. The van der Waals surface area contributed by atoms with Crippen molar-refractivity contribution < 1.29 is 22.7 Å². The summed E-state index contributed by atoms with van der Waals surface area (Å²) in [5.41, 5.74) is 0.878. The van der Waals surface area contributed by atoms with Gasteiger partial charge in [-0.3, -0.25) is 9.10 Å². The summed E-state index contributed by atoms with van der Waals surface area (Å²) < 4.78 is 30.2. The molecule has 0 radical (unpaired) electrons. The Balaban J connectivity index is 2.29. The molecule has 2 rings (SSSR count). The number of carbonyl (C=O) groups excluding carboxylic acids is 2. The molecule has 1 atom stereocenters. The van der Waals surface area contributed by atoms with Crippen LogP contribution in [0.5, 0.6) is 0 Å². The third-order valence-electron chi connectivity index (χ3n) is 3.70. The Morgan fingerprint density at radius 1 is 1.15 bits per heavy atom. The first-order valence-electron chi connectivity index (χ1n) is 7.87. The van der Waals surface area contributed by atoms with Crippen LogP contribution in [0.3, 0.4) is 0 Å². The van der Waals surface area contributed by atoms with Gasteiger partial charge in [-0.05, 0) is 43.3 Å². The zero-order chi connectivity index (χ0) is 20.2. The van der Waals surface area contributed by atoms with Crippen LogP contribution < -0.4 is 9.62 Å². The molecule has 0 aromatic heterocycles. The third-order valence-corrected chi connectivity index (χ3v) is 5.18. The molecule has 7 nitrogen and oxygen atoms in total. The van der Waals surface area contributed by atoms with Crippen LogP contribution in [0.4, 0.5) is 11.4 Å². The van der Waals surface area contributed by atoms with Gasteiger partial charge in [0.05, 0.1) is 24.6 Å². The summed E-state index contributed by atoms with van der Waals surface area (Å²) in [4.78, 5) is 24.3. The number of ether oxygens (including phenoxy) is 1. The highest BCUT2D eigenvalue weighted by atomic mass is 35.5. The number of rotatable bonds is 6. The summed E-state index contributed by atoms with van der Waals surface area (Å²) in [5.74, 6) is -1.11. The third kappa shape index (κ3) is 5.21. The largest absolute Gasteiger partial charge is 0.465 e. The Bertz CT molecular complexity index is 962. The van der Waals surface area contributed by atoms with Gasteiger partial charge >= 0.3 is 5.97 Å². The molecule has 1 unspecified atom stereocenters. The average Bonchev–Trinajstić information content (AvgIpc) is 2.60. The van der Waals surface area contributed by atoms with Crippen molar-refractivity contribution in [3.8, 4) is 0 Å². The summed E-state index contributed by atoms with van der Waals surface area (Å²) in [7, 11) is -2.50. The van der Waals surface area contributed by atoms with Crippen molar-refractivity contribution in [2.24, 2.45) is 0 Å². The number of hydrogen-bond donors (Lipinski definition) is 1. The van der Waals surface area contributed by atoms with Crippen molar-refractivity contribution in [2.75, 3.05) is 23.0 Å². The molecule has 0 heterocycles. The van der Waals surface area contributed by atoms with Gasteiger partial charge in [0.25, 0.3) is 0 Å². The fourth-order valence-corrected chi connectivity index (χ4v) is 3.86. The van der Waals surface area contributed by atoms with Crippen LogP contribution in [0.1, 0.15) is 17.3 Å². The first kappa shape index (κ1) is 20.7. The summed E-state index contributed by atoms with van der Waals surface area (Å²) in [6.45, 7) is 1.46. The van der Waals surface area contributed by atoms with Crippen molar-refractivity contribution in [2.45, 2.75) is 13.0 Å². The highest BCUT2D eigenvalue weighted by molar-refractivity contribution is 7.92. The van der Waals surface area contributed by atoms with E-state index in [2.05, 4.69) is 10.1 Å². The number of benzene rings is 2. The first-order chi connectivity index (χ1) is 12.6. The molecule has 0 aliphatic heterocycles. The first-order valence-corrected chi connectivity index (χ1v) is 10.1. The second-order valence-electron chi connectivity index (χ2n) is 5.78. The molecule has 144 valence electrons. The standard InChI is InChI=1S/C18H19ClN2O5S/c1-12(21(27(3,24)25)16-9-5-7-14(19)11-16)17(22)20-15-8-4-6-13(10-15)18(23)26-2/h4-12H,1-3H3,(H,20,22). The maximum absolute atomic E-state index is 12.6. The lowest BCUT2D eigenvalue weighted by molar-refractivity contribution is -0.116. The van der Waals surface area contributed by atoms with E-state index < -0.39 is 27.9 Å². The quantitative estimate of drug-likeness (QED) is 0.739. The highest BCUT2D eigenvalue weighted by Crippen LogP contribution is 2.24. The van der Waals surface area contributed by atoms with E-state index in [0.717, 1.165) is 10.6 Å². The number of sulfonamides is 1. The van der Waals surface area contributed by atoms with Crippen LogP contribution in [0.15, 0.2) is 48.5 Å². The van der Waals surface area contributed by atoms with E-state index in [1.165, 1.54) is 26.2 Å². The maximum atomic E-state index is 12.6. The minimum absolute atomic E-state index is 0.262. The minimum Gasteiger partial charge on any atom is -0.465 e. The molecule has 1 N–H and O–H groups in total. The van der Waals surface area contributed by atoms with Gasteiger partial charge in [0.1, 0.15) is 6.04 Å². The number of halogens is 1. The number of carbonyl (C=O) groups is 2. The molecule has 0 aliphatic rings. The van der Waals surface area contributed by atoms with E-state index in [9.17, 15) is 18.0 Å². The topological polar surface area (TPSA) is 92.8 Å². The van der Waals surface area contributed by atoms with E-state index in [1.807, 2.05) is 0 Å². The Kier molecular flexibility index (Phi) is 6.45. The van der Waals surface area contributed by atoms with Gasteiger partial charge in [0.2, 0.25) is 15.9 Å². The van der Waals surface area contributed by atoms with Gasteiger partial charge in [0, 0.05) is 10.7 Å². The van der Waals surface area contributed by atoms with Crippen LogP contribution in [-0.2, 0) is 19.6 Å². The number of methoxy groups -OCH3 is 1. The molecule has 0 fully saturated rings. The SMILES string of the molecule is COC(=O)c1cccc(NC(=O)C(C)N(c2cccc(Cl)c2)S(C)(=O)=O)c1. The van der Waals surface area contributed by atoms with Crippen molar-refractivity contribution in [3.05, 3.63) is 59.1 Å². The maximum Gasteiger partial charge on any atom is 0.337 e. The zero-order valence-corrected chi connectivity index (χ0v) is 16.5. The normalized spacial score (nSPS) is 12.1. The molecular weight excluding hydrogens is 392 g/mol. The van der Waals surface area contributed by atoms with Crippen LogP contribution in [-0.4, -0.2) is 39.7 Å². The van der Waals surface area contributed by atoms with Crippen molar-refractivity contribution in [1.29, 1.82) is 0 Å². The fraction of sp³-hybridized carbons (Fsp3) is 0.222. The molecule has 0 aliphatic carbocycles. The number of nitrogens with one attached hydrogen (secondary N) is 1. The van der Waals surface area contributed by atoms with Gasteiger partial charge in [-0.25, -0.2) is 13.2 Å². The van der Waals surface area contributed by atoms with Gasteiger partial charge in [-0.15, -0.1) is 0 Å². The lowest BCUT2D eigenvalue weighted by Crippen LogP contribution is -2.45. The summed E-state index contributed by atoms with van der Waals surface area (Å²) in [5, 5.41) is 2.96. The number of amides is 1. The highest BCUT2D eigenvalue weighted by Gasteiger charge is 2.29. The van der Waals surface area contributed by atoms with Crippen LogP contribution >= 0.6 is 11.6 Å². The zero-order valence-electron chi connectivity index (χ0n) is 15.0. The molecular formula is C18H19ClN2O5S. The van der Waals surface area contributed by atoms with Crippen molar-refractivity contribution in [3.63, 3.8) is 0 Å². The summed E-state index contributed by atoms with van der Waals surface area (Å²) in [6.07, 6.45) is 1.01. The number of anilines is 2. The van der Waals surface area contributed by atoms with E-state index in [0.29, 0.717) is 10.7 Å². The monoisotopic (exact) mass is 410 g/mol. The Labute approximate surface area is 162 Å². The lowest BCUT2D eigenvalue weighted by Gasteiger charge is -2.28. The van der Waals surface area contributed by atoms with Crippen LogP contribution in [0.25, 0.3) is 0 Å². The van der Waals surface area contributed by atoms with E-state index in [1.54, 1.807) is 36.4 Å². The molecule has 0 saturated heterocycles.